The van der Waals surface area contributed by atoms with Crippen LogP contribution >= 0.6 is 39.1 Å². The van der Waals surface area contributed by atoms with Crippen LogP contribution in [-0.4, -0.2) is 9.55 Å². The quantitative estimate of drug-likeness (QED) is 0.492. The minimum atomic E-state index is -0.216. The summed E-state index contributed by atoms with van der Waals surface area (Å²) in [5.74, 6) is 0.793. The first-order valence-corrected chi connectivity index (χ1v) is 8.17. The second-order valence-corrected chi connectivity index (χ2v) is 6.94. The summed E-state index contributed by atoms with van der Waals surface area (Å²) >= 11 is 16.2. The number of halogens is 3. The number of alkyl halides is 1. The van der Waals surface area contributed by atoms with Crippen molar-refractivity contribution in [2.45, 2.75) is 19.2 Å². The van der Waals surface area contributed by atoms with Gasteiger partial charge in [0.1, 0.15) is 5.82 Å². The Labute approximate surface area is 141 Å². The van der Waals surface area contributed by atoms with E-state index >= 15 is 0 Å². The van der Waals surface area contributed by atoms with Crippen LogP contribution in [0.1, 0.15) is 23.7 Å². The number of para-hydroxylation sites is 1. The summed E-state index contributed by atoms with van der Waals surface area (Å²) in [4.78, 5) is 4.72. The number of hydrogen-bond donors (Lipinski definition) is 0. The lowest BCUT2D eigenvalue weighted by Crippen LogP contribution is -2.02. The zero-order valence-corrected chi connectivity index (χ0v) is 14.7. The number of benzene rings is 2. The van der Waals surface area contributed by atoms with Gasteiger partial charge in [-0.15, -0.1) is 11.6 Å². The number of aromatic nitrogens is 2. The minimum Gasteiger partial charge on any atom is -0.293 e. The van der Waals surface area contributed by atoms with Crippen molar-refractivity contribution in [2.75, 3.05) is 0 Å². The third-order valence-electron chi connectivity index (χ3n) is 3.42. The first kappa shape index (κ1) is 14.9. The van der Waals surface area contributed by atoms with Crippen LogP contribution in [0.15, 0.2) is 40.9 Å². The lowest BCUT2D eigenvalue weighted by molar-refractivity contribution is 0.882. The molecule has 2 nitrogen and oxygen atoms in total. The maximum atomic E-state index is 6.39. The monoisotopic (exact) mass is 382 g/mol. The van der Waals surface area contributed by atoms with Gasteiger partial charge in [-0.25, -0.2) is 4.98 Å². The van der Waals surface area contributed by atoms with Gasteiger partial charge >= 0.3 is 0 Å². The van der Waals surface area contributed by atoms with E-state index < -0.39 is 0 Å². The predicted molar refractivity (Wildman–Crippen MR) is 92.8 cm³/mol. The molecule has 0 N–H and O–H groups in total. The third kappa shape index (κ3) is 2.59. The first-order chi connectivity index (χ1) is 9.99. The van der Waals surface area contributed by atoms with Crippen LogP contribution in [-0.2, 0) is 0 Å². The molecule has 0 amide bonds. The van der Waals surface area contributed by atoms with Gasteiger partial charge in [0.2, 0.25) is 0 Å². The molecule has 0 saturated carbocycles. The van der Waals surface area contributed by atoms with Gasteiger partial charge in [-0.1, -0.05) is 39.7 Å². The highest BCUT2D eigenvalue weighted by Gasteiger charge is 2.19. The van der Waals surface area contributed by atoms with Crippen LogP contribution in [0.25, 0.3) is 16.7 Å². The number of hydrogen-bond acceptors (Lipinski definition) is 1. The van der Waals surface area contributed by atoms with Crippen molar-refractivity contribution in [3.63, 3.8) is 0 Å². The van der Waals surface area contributed by atoms with E-state index in [0.29, 0.717) is 5.02 Å². The molecule has 1 unspecified atom stereocenters. The minimum absolute atomic E-state index is 0.216. The zero-order valence-electron chi connectivity index (χ0n) is 11.6. The fourth-order valence-corrected chi connectivity index (χ4v) is 3.13. The molecule has 5 heteroatoms. The van der Waals surface area contributed by atoms with Crippen molar-refractivity contribution in [1.29, 1.82) is 0 Å². The molecular formula is C16H13BrCl2N2. The lowest BCUT2D eigenvalue weighted by Gasteiger charge is -2.12. The summed E-state index contributed by atoms with van der Waals surface area (Å²) in [7, 11) is 0. The summed E-state index contributed by atoms with van der Waals surface area (Å²) < 4.78 is 3.00. The zero-order chi connectivity index (χ0) is 15.1. The van der Waals surface area contributed by atoms with Crippen LogP contribution < -0.4 is 0 Å². The number of nitrogens with zero attached hydrogens (tertiary/aromatic N) is 2. The van der Waals surface area contributed by atoms with Crippen molar-refractivity contribution >= 4 is 50.2 Å². The highest BCUT2D eigenvalue weighted by molar-refractivity contribution is 9.10. The molecule has 1 aromatic heterocycles. The number of fused-ring (bicyclic) bond motifs is 1. The molecule has 0 aliphatic heterocycles. The van der Waals surface area contributed by atoms with Gasteiger partial charge in [0.15, 0.2) is 0 Å². The van der Waals surface area contributed by atoms with Gasteiger partial charge in [0.25, 0.3) is 0 Å². The summed E-state index contributed by atoms with van der Waals surface area (Å²) in [5.41, 5.74) is 3.96. The molecule has 0 aliphatic rings. The van der Waals surface area contributed by atoms with Crippen LogP contribution in [0.4, 0.5) is 0 Å². The Balaban J connectivity index is 2.42. The maximum absolute atomic E-state index is 6.39. The van der Waals surface area contributed by atoms with Gasteiger partial charge < -0.3 is 0 Å². The number of rotatable bonds is 2. The fraction of sp³-hybridized carbons (Fsp3) is 0.188. The summed E-state index contributed by atoms with van der Waals surface area (Å²) in [6.45, 7) is 3.96. The van der Waals surface area contributed by atoms with E-state index in [1.54, 1.807) is 0 Å². The van der Waals surface area contributed by atoms with Crippen molar-refractivity contribution in [3.05, 3.63) is 57.3 Å². The van der Waals surface area contributed by atoms with E-state index in [0.717, 1.165) is 32.6 Å². The van der Waals surface area contributed by atoms with E-state index in [-0.39, 0.29) is 5.38 Å². The van der Waals surface area contributed by atoms with Crippen LogP contribution in [0.5, 0.6) is 0 Å². The van der Waals surface area contributed by atoms with E-state index in [9.17, 15) is 0 Å². The highest BCUT2D eigenvalue weighted by atomic mass is 79.9. The fourth-order valence-electron chi connectivity index (χ4n) is 2.43. The Morgan fingerprint density at radius 2 is 2.00 bits per heavy atom. The predicted octanol–water partition coefficient (Wildman–Crippen LogP) is 6.05. The maximum Gasteiger partial charge on any atom is 0.132 e. The molecule has 3 rings (SSSR count). The first-order valence-electron chi connectivity index (χ1n) is 6.56. The van der Waals surface area contributed by atoms with E-state index in [4.69, 9.17) is 28.2 Å². The van der Waals surface area contributed by atoms with Crippen LogP contribution in [0.3, 0.4) is 0 Å². The largest absolute Gasteiger partial charge is 0.293 e. The smallest absolute Gasteiger partial charge is 0.132 e. The lowest BCUT2D eigenvalue weighted by atomic mass is 10.2. The number of aryl methyl sites for hydroxylation is 1. The second kappa shape index (κ2) is 5.64. The van der Waals surface area contributed by atoms with Crippen LogP contribution in [0, 0.1) is 6.92 Å². The van der Waals surface area contributed by atoms with E-state index in [1.165, 1.54) is 0 Å². The molecule has 0 radical (unpaired) electrons. The van der Waals surface area contributed by atoms with Crippen molar-refractivity contribution in [2.24, 2.45) is 0 Å². The standard InChI is InChI=1S/C16H13BrCl2N2/c1-9-4-3-5-13-15(9)20-16(10(2)18)21(13)14-8-11(17)6-7-12(14)19/h3-8,10H,1-2H3. The Morgan fingerprint density at radius 1 is 1.24 bits per heavy atom. The molecular weight excluding hydrogens is 371 g/mol. The van der Waals surface area contributed by atoms with Crippen molar-refractivity contribution in [1.82, 2.24) is 9.55 Å². The Morgan fingerprint density at radius 3 is 2.71 bits per heavy atom. The molecule has 3 aromatic rings. The normalized spacial score (nSPS) is 12.8. The van der Waals surface area contributed by atoms with Gasteiger partial charge in [0, 0.05) is 4.47 Å². The Hall–Kier alpha value is -1.03. The molecule has 0 aliphatic carbocycles. The molecule has 1 atom stereocenters. The summed E-state index contributed by atoms with van der Waals surface area (Å²) in [6.07, 6.45) is 0. The van der Waals surface area contributed by atoms with Gasteiger partial charge in [-0.2, -0.15) is 0 Å². The van der Waals surface area contributed by atoms with E-state index in [1.807, 2.05) is 54.8 Å². The Kier molecular flexibility index (Phi) is 4.00. The van der Waals surface area contributed by atoms with Crippen molar-refractivity contribution in [3.8, 4) is 5.69 Å². The molecule has 1 heterocycles. The molecule has 0 saturated heterocycles. The molecule has 108 valence electrons. The van der Waals surface area contributed by atoms with Gasteiger partial charge in [0.05, 0.1) is 27.1 Å². The highest BCUT2D eigenvalue weighted by Crippen LogP contribution is 2.33. The summed E-state index contributed by atoms with van der Waals surface area (Å²) in [5, 5.41) is 0.449. The number of imidazole rings is 1. The van der Waals surface area contributed by atoms with Crippen molar-refractivity contribution < 1.29 is 0 Å². The average Bonchev–Trinajstić information content (AvgIpc) is 2.82. The molecule has 0 fully saturated rings. The average molecular weight is 384 g/mol. The summed E-state index contributed by atoms with van der Waals surface area (Å²) in [6, 6.07) is 11.9. The van der Waals surface area contributed by atoms with E-state index in [2.05, 4.69) is 15.9 Å². The van der Waals surface area contributed by atoms with Gasteiger partial charge in [-0.3, -0.25) is 4.57 Å². The molecule has 2 aromatic carbocycles. The topological polar surface area (TPSA) is 17.8 Å². The molecule has 0 spiro atoms. The SMILES string of the molecule is Cc1cccc2c1nc(C(C)Cl)n2-c1cc(Br)ccc1Cl. The van der Waals surface area contributed by atoms with Crippen LogP contribution in [0.2, 0.25) is 5.02 Å². The second-order valence-electron chi connectivity index (χ2n) is 4.96. The Bertz CT molecular complexity index is 825. The van der Waals surface area contributed by atoms with Gasteiger partial charge in [-0.05, 0) is 43.7 Å². The third-order valence-corrected chi connectivity index (χ3v) is 4.43. The molecule has 0 bridgehead atoms. The molecule has 21 heavy (non-hydrogen) atoms.